The first-order valence-electron chi connectivity index (χ1n) is 8.12. The van der Waals surface area contributed by atoms with E-state index in [2.05, 4.69) is 56.8 Å². The van der Waals surface area contributed by atoms with Crippen LogP contribution in [0.1, 0.15) is 41.1 Å². The molecule has 3 heteroatoms. The lowest BCUT2D eigenvalue weighted by atomic mass is 9.93. The monoisotopic (exact) mass is 289 g/mol. The van der Waals surface area contributed by atoms with E-state index in [4.69, 9.17) is 5.73 Å². The summed E-state index contributed by atoms with van der Waals surface area (Å²) in [6.45, 7) is 9.67. The molecule has 0 saturated carbocycles. The summed E-state index contributed by atoms with van der Waals surface area (Å²) in [4.78, 5) is 4.94. The van der Waals surface area contributed by atoms with E-state index in [1.807, 2.05) is 0 Å². The molecule has 0 aromatic heterocycles. The summed E-state index contributed by atoms with van der Waals surface area (Å²) in [7, 11) is 4.46. The molecule has 0 spiro atoms. The summed E-state index contributed by atoms with van der Waals surface area (Å²) in [5.74, 6) is 0. The van der Waals surface area contributed by atoms with Crippen LogP contribution in [-0.2, 0) is 0 Å². The number of benzene rings is 1. The average molecular weight is 289 g/mol. The van der Waals surface area contributed by atoms with Crippen molar-refractivity contribution in [3.8, 4) is 0 Å². The topological polar surface area (TPSA) is 32.5 Å². The molecule has 1 atom stereocenters. The summed E-state index contributed by atoms with van der Waals surface area (Å²) >= 11 is 0. The number of likely N-dealkylation sites (N-methyl/N-ethyl adjacent to an activating group) is 1. The largest absolute Gasteiger partial charge is 0.329 e. The van der Waals surface area contributed by atoms with Gasteiger partial charge in [-0.3, -0.25) is 4.90 Å². The van der Waals surface area contributed by atoms with E-state index in [1.54, 1.807) is 0 Å². The molecular weight excluding hydrogens is 258 g/mol. The summed E-state index contributed by atoms with van der Waals surface area (Å²) in [5, 5.41) is 0. The molecule has 1 unspecified atom stereocenters. The molecule has 1 aliphatic heterocycles. The fraction of sp³-hybridized carbons (Fsp3) is 0.667. The van der Waals surface area contributed by atoms with Gasteiger partial charge in [-0.1, -0.05) is 12.1 Å². The second kappa shape index (κ2) is 6.91. The molecule has 0 radical (unpaired) electrons. The predicted molar refractivity (Wildman–Crippen MR) is 90.7 cm³/mol. The maximum atomic E-state index is 6.14. The van der Waals surface area contributed by atoms with E-state index >= 15 is 0 Å². The minimum atomic E-state index is 0.331. The molecule has 3 nitrogen and oxygen atoms in total. The molecule has 1 heterocycles. The fourth-order valence-corrected chi connectivity index (χ4v) is 3.51. The Bertz CT molecular complexity index is 476. The Balaban J connectivity index is 2.21. The molecule has 0 amide bonds. The predicted octanol–water partition coefficient (Wildman–Crippen LogP) is 2.64. The lowest BCUT2D eigenvalue weighted by Gasteiger charge is -2.39. The van der Waals surface area contributed by atoms with E-state index in [0.717, 1.165) is 0 Å². The fourth-order valence-electron chi connectivity index (χ4n) is 3.51. The van der Waals surface area contributed by atoms with Gasteiger partial charge >= 0.3 is 0 Å². The molecule has 1 aromatic rings. The number of hydrogen-bond donors (Lipinski definition) is 1. The van der Waals surface area contributed by atoms with Crippen LogP contribution in [0, 0.1) is 20.8 Å². The third-order valence-corrected chi connectivity index (χ3v) is 5.22. The molecule has 2 N–H and O–H groups in total. The first kappa shape index (κ1) is 16.5. The highest BCUT2D eigenvalue weighted by atomic mass is 15.2. The average Bonchev–Trinajstić information content (AvgIpc) is 2.45. The SMILES string of the molecule is Cc1cc(C)c(C(CN)N(C)C2CCN(C)CC2)cc1C. The molecule has 118 valence electrons. The Morgan fingerprint density at radius 1 is 1.14 bits per heavy atom. The second-order valence-electron chi connectivity index (χ2n) is 6.74. The second-order valence-corrected chi connectivity index (χ2v) is 6.74. The highest BCUT2D eigenvalue weighted by Gasteiger charge is 2.27. The Hall–Kier alpha value is -0.900. The third-order valence-electron chi connectivity index (χ3n) is 5.22. The van der Waals surface area contributed by atoms with Crippen molar-refractivity contribution in [3.63, 3.8) is 0 Å². The van der Waals surface area contributed by atoms with Gasteiger partial charge in [0.25, 0.3) is 0 Å². The number of likely N-dealkylation sites (tertiary alicyclic amines) is 1. The zero-order chi connectivity index (χ0) is 15.6. The van der Waals surface area contributed by atoms with Gasteiger partial charge in [-0.05, 0) is 83.1 Å². The van der Waals surface area contributed by atoms with Gasteiger partial charge in [0.2, 0.25) is 0 Å². The lowest BCUT2D eigenvalue weighted by Crippen LogP contribution is -2.45. The van der Waals surface area contributed by atoms with Crippen LogP contribution < -0.4 is 5.73 Å². The van der Waals surface area contributed by atoms with E-state index in [0.29, 0.717) is 18.6 Å². The van der Waals surface area contributed by atoms with Crippen molar-refractivity contribution in [2.24, 2.45) is 5.73 Å². The van der Waals surface area contributed by atoms with Gasteiger partial charge in [0, 0.05) is 18.6 Å². The van der Waals surface area contributed by atoms with Gasteiger partial charge in [-0.2, -0.15) is 0 Å². The summed E-state index contributed by atoms with van der Waals surface area (Å²) in [5.41, 5.74) is 11.7. The maximum absolute atomic E-state index is 6.14. The minimum absolute atomic E-state index is 0.331. The van der Waals surface area contributed by atoms with E-state index in [9.17, 15) is 0 Å². The molecule has 1 fully saturated rings. The third kappa shape index (κ3) is 3.65. The highest BCUT2D eigenvalue weighted by Crippen LogP contribution is 2.29. The molecule has 0 bridgehead atoms. The van der Waals surface area contributed by atoms with Crippen LogP contribution in [0.5, 0.6) is 0 Å². The smallest absolute Gasteiger partial charge is 0.0473 e. The van der Waals surface area contributed by atoms with E-state index < -0.39 is 0 Å². The molecule has 1 aliphatic rings. The van der Waals surface area contributed by atoms with Crippen molar-refractivity contribution >= 4 is 0 Å². The Kier molecular flexibility index (Phi) is 5.42. The van der Waals surface area contributed by atoms with Crippen molar-refractivity contribution in [1.29, 1.82) is 0 Å². The van der Waals surface area contributed by atoms with Crippen LogP contribution >= 0.6 is 0 Å². The van der Waals surface area contributed by atoms with Crippen LogP contribution in [0.4, 0.5) is 0 Å². The number of nitrogens with zero attached hydrogens (tertiary/aromatic N) is 2. The standard InChI is InChI=1S/C18H31N3/c1-13-10-15(3)17(11-14(13)2)18(12-19)21(5)16-6-8-20(4)9-7-16/h10-11,16,18H,6-9,12,19H2,1-5H3. The van der Waals surface area contributed by atoms with Gasteiger partial charge < -0.3 is 10.6 Å². The molecule has 21 heavy (non-hydrogen) atoms. The van der Waals surface area contributed by atoms with Crippen LogP contribution in [-0.4, -0.2) is 49.6 Å². The van der Waals surface area contributed by atoms with Crippen LogP contribution in [0.15, 0.2) is 12.1 Å². The molecular formula is C18H31N3. The van der Waals surface area contributed by atoms with E-state index in [1.165, 1.54) is 48.2 Å². The first-order valence-corrected chi connectivity index (χ1v) is 8.12. The van der Waals surface area contributed by atoms with Gasteiger partial charge in [0.15, 0.2) is 0 Å². The number of aryl methyl sites for hydroxylation is 3. The van der Waals surface area contributed by atoms with Crippen molar-refractivity contribution in [2.45, 2.75) is 45.7 Å². The van der Waals surface area contributed by atoms with Crippen LogP contribution in [0.2, 0.25) is 0 Å². The van der Waals surface area contributed by atoms with Crippen molar-refractivity contribution in [3.05, 3.63) is 34.4 Å². The van der Waals surface area contributed by atoms with Crippen molar-refractivity contribution in [1.82, 2.24) is 9.80 Å². The van der Waals surface area contributed by atoms with Crippen LogP contribution in [0.3, 0.4) is 0 Å². The first-order chi connectivity index (χ1) is 9.93. The van der Waals surface area contributed by atoms with Crippen molar-refractivity contribution < 1.29 is 0 Å². The van der Waals surface area contributed by atoms with Gasteiger partial charge in [-0.15, -0.1) is 0 Å². The quantitative estimate of drug-likeness (QED) is 0.925. The lowest BCUT2D eigenvalue weighted by molar-refractivity contribution is 0.109. The zero-order valence-corrected chi connectivity index (χ0v) is 14.3. The number of rotatable bonds is 4. The summed E-state index contributed by atoms with van der Waals surface area (Å²) in [6, 6.07) is 5.62. The number of hydrogen-bond acceptors (Lipinski definition) is 3. The minimum Gasteiger partial charge on any atom is -0.329 e. The van der Waals surface area contributed by atoms with Gasteiger partial charge in [-0.25, -0.2) is 0 Å². The summed E-state index contributed by atoms with van der Waals surface area (Å²) in [6.07, 6.45) is 2.49. The molecule has 1 saturated heterocycles. The van der Waals surface area contributed by atoms with E-state index in [-0.39, 0.29) is 0 Å². The zero-order valence-electron chi connectivity index (χ0n) is 14.3. The summed E-state index contributed by atoms with van der Waals surface area (Å²) < 4.78 is 0. The Morgan fingerprint density at radius 2 is 1.71 bits per heavy atom. The molecule has 2 rings (SSSR count). The normalized spacial score (nSPS) is 19.2. The maximum Gasteiger partial charge on any atom is 0.0473 e. The van der Waals surface area contributed by atoms with Crippen LogP contribution in [0.25, 0.3) is 0 Å². The Morgan fingerprint density at radius 3 is 2.29 bits per heavy atom. The van der Waals surface area contributed by atoms with Gasteiger partial charge in [0.05, 0.1) is 0 Å². The highest BCUT2D eigenvalue weighted by molar-refractivity contribution is 5.38. The number of piperidine rings is 1. The van der Waals surface area contributed by atoms with Gasteiger partial charge in [0.1, 0.15) is 0 Å². The molecule has 0 aliphatic carbocycles. The Labute approximate surface area is 130 Å². The van der Waals surface area contributed by atoms with Crippen molar-refractivity contribution in [2.75, 3.05) is 33.7 Å². The molecule has 1 aromatic carbocycles. The number of nitrogens with two attached hydrogens (primary N) is 1.